The fraction of sp³-hybridized carbons (Fsp3) is 0.571. The Bertz CT molecular complexity index is 347. The van der Waals surface area contributed by atoms with E-state index < -0.39 is 0 Å². The molecule has 0 heterocycles. The van der Waals surface area contributed by atoms with Gasteiger partial charge in [0.15, 0.2) is 0 Å². The maximum Gasteiger partial charge on any atom is 0.0800 e. The third kappa shape index (κ3) is 2.00. The van der Waals surface area contributed by atoms with Crippen LogP contribution in [0.4, 0.5) is 0 Å². The zero-order valence-corrected chi connectivity index (χ0v) is 10.3. The van der Waals surface area contributed by atoms with Gasteiger partial charge < -0.3 is 10.5 Å². The Kier molecular flexibility index (Phi) is 3.04. The van der Waals surface area contributed by atoms with Gasteiger partial charge in [0.25, 0.3) is 0 Å². The molecule has 3 atom stereocenters. The molecule has 88 valence electrons. The van der Waals surface area contributed by atoms with Gasteiger partial charge in [-0.05, 0) is 18.9 Å². The van der Waals surface area contributed by atoms with Crippen LogP contribution in [0.2, 0.25) is 0 Å². The summed E-state index contributed by atoms with van der Waals surface area (Å²) in [4.78, 5) is 0. The fourth-order valence-corrected chi connectivity index (χ4v) is 2.20. The lowest BCUT2D eigenvalue weighted by Gasteiger charge is -2.50. The molecule has 3 unspecified atom stereocenters. The van der Waals surface area contributed by atoms with E-state index in [-0.39, 0.29) is 23.7 Å². The van der Waals surface area contributed by atoms with Crippen LogP contribution >= 0.6 is 0 Å². The van der Waals surface area contributed by atoms with Crippen molar-refractivity contribution < 1.29 is 4.74 Å². The summed E-state index contributed by atoms with van der Waals surface area (Å²) < 4.78 is 6.08. The first-order valence-electron chi connectivity index (χ1n) is 5.98. The van der Waals surface area contributed by atoms with E-state index in [2.05, 4.69) is 32.9 Å². The molecule has 1 aliphatic carbocycles. The van der Waals surface area contributed by atoms with E-state index >= 15 is 0 Å². The summed E-state index contributed by atoms with van der Waals surface area (Å²) >= 11 is 0. The fourth-order valence-electron chi connectivity index (χ4n) is 2.20. The van der Waals surface area contributed by atoms with E-state index in [4.69, 9.17) is 10.5 Å². The maximum atomic E-state index is 6.08. The van der Waals surface area contributed by atoms with Crippen LogP contribution in [0.5, 0.6) is 0 Å². The van der Waals surface area contributed by atoms with Gasteiger partial charge in [-0.25, -0.2) is 0 Å². The van der Waals surface area contributed by atoms with Crippen LogP contribution in [0, 0.1) is 5.41 Å². The Morgan fingerprint density at radius 1 is 1.31 bits per heavy atom. The first-order chi connectivity index (χ1) is 7.51. The molecule has 1 aromatic rings. The Morgan fingerprint density at radius 2 is 1.94 bits per heavy atom. The molecular weight excluding hydrogens is 198 g/mol. The summed E-state index contributed by atoms with van der Waals surface area (Å²) in [6.07, 6.45) is 1.42. The Labute approximate surface area is 97.8 Å². The van der Waals surface area contributed by atoms with Crippen molar-refractivity contribution in [2.75, 3.05) is 0 Å². The highest BCUT2D eigenvalue weighted by Gasteiger charge is 2.47. The van der Waals surface area contributed by atoms with Crippen LogP contribution in [0.3, 0.4) is 0 Å². The number of hydrogen-bond donors (Lipinski definition) is 1. The van der Waals surface area contributed by atoms with Gasteiger partial charge in [-0.2, -0.15) is 0 Å². The third-order valence-electron chi connectivity index (χ3n) is 3.89. The number of nitrogens with two attached hydrogens (primary N) is 1. The molecule has 1 saturated carbocycles. The quantitative estimate of drug-likeness (QED) is 0.848. The van der Waals surface area contributed by atoms with Crippen LogP contribution in [0.15, 0.2) is 30.3 Å². The average molecular weight is 219 g/mol. The second-order valence-electron chi connectivity index (χ2n) is 5.34. The molecule has 0 spiro atoms. The highest BCUT2D eigenvalue weighted by molar-refractivity contribution is 5.17. The van der Waals surface area contributed by atoms with Crippen LogP contribution in [-0.4, -0.2) is 12.1 Å². The predicted octanol–water partition coefficient (Wildman–Crippen LogP) is 2.89. The standard InChI is InChI=1S/C14H21NO/c1-10(11-7-5-4-6-8-11)16-13-9-12(15)14(13,2)3/h4-8,10,12-13H,9,15H2,1-3H3. The second kappa shape index (κ2) is 4.19. The molecule has 0 radical (unpaired) electrons. The first-order valence-corrected chi connectivity index (χ1v) is 5.98. The lowest BCUT2D eigenvalue weighted by molar-refractivity contribution is -0.136. The minimum atomic E-state index is 0.114. The van der Waals surface area contributed by atoms with Crippen molar-refractivity contribution in [3.8, 4) is 0 Å². The van der Waals surface area contributed by atoms with Crippen molar-refractivity contribution in [2.24, 2.45) is 11.1 Å². The Morgan fingerprint density at radius 3 is 2.44 bits per heavy atom. The van der Waals surface area contributed by atoms with E-state index in [9.17, 15) is 0 Å². The third-order valence-corrected chi connectivity index (χ3v) is 3.89. The van der Waals surface area contributed by atoms with E-state index in [0.29, 0.717) is 0 Å². The minimum absolute atomic E-state index is 0.114. The topological polar surface area (TPSA) is 35.2 Å². The molecule has 1 fully saturated rings. The van der Waals surface area contributed by atoms with Gasteiger partial charge in [0.1, 0.15) is 0 Å². The summed E-state index contributed by atoms with van der Waals surface area (Å²) in [7, 11) is 0. The van der Waals surface area contributed by atoms with Gasteiger partial charge in [0, 0.05) is 11.5 Å². The molecule has 1 aliphatic rings. The highest BCUT2D eigenvalue weighted by Crippen LogP contribution is 2.43. The van der Waals surface area contributed by atoms with Gasteiger partial charge in [-0.3, -0.25) is 0 Å². The van der Waals surface area contributed by atoms with Gasteiger partial charge in [0.05, 0.1) is 12.2 Å². The summed E-state index contributed by atoms with van der Waals surface area (Å²) in [5.41, 5.74) is 7.33. The molecule has 0 amide bonds. The van der Waals surface area contributed by atoms with E-state index in [0.717, 1.165) is 6.42 Å². The number of ether oxygens (including phenoxy) is 1. The zero-order chi connectivity index (χ0) is 11.8. The molecular formula is C14H21NO. The van der Waals surface area contributed by atoms with E-state index in [1.807, 2.05) is 18.2 Å². The average Bonchev–Trinajstić information content (AvgIpc) is 2.29. The van der Waals surface area contributed by atoms with Crippen molar-refractivity contribution in [2.45, 2.75) is 45.4 Å². The van der Waals surface area contributed by atoms with Crippen molar-refractivity contribution in [1.82, 2.24) is 0 Å². The van der Waals surface area contributed by atoms with E-state index in [1.165, 1.54) is 5.56 Å². The number of rotatable bonds is 3. The molecule has 16 heavy (non-hydrogen) atoms. The molecule has 2 heteroatoms. The molecule has 0 aliphatic heterocycles. The normalized spacial score (nSPS) is 29.5. The van der Waals surface area contributed by atoms with Gasteiger partial charge in [-0.1, -0.05) is 44.2 Å². The molecule has 0 saturated heterocycles. The van der Waals surface area contributed by atoms with Gasteiger partial charge in [-0.15, -0.1) is 0 Å². The highest BCUT2D eigenvalue weighted by atomic mass is 16.5. The summed E-state index contributed by atoms with van der Waals surface area (Å²) in [5.74, 6) is 0. The Balaban J connectivity index is 1.97. The smallest absolute Gasteiger partial charge is 0.0800 e. The molecule has 2 rings (SSSR count). The number of hydrogen-bond acceptors (Lipinski definition) is 2. The largest absolute Gasteiger partial charge is 0.370 e. The van der Waals surface area contributed by atoms with Crippen LogP contribution < -0.4 is 5.73 Å². The Hall–Kier alpha value is -0.860. The predicted molar refractivity (Wildman–Crippen MR) is 66.1 cm³/mol. The SMILES string of the molecule is CC(OC1CC(N)C1(C)C)c1ccccc1. The van der Waals surface area contributed by atoms with Crippen LogP contribution in [0.1, 0.15) is 38.9 Å². The summed E-state index contributed by atoms with van der Waals surface area (Å²) in [6.45, 7) is 6.47. The molecule has 1 aromatic carbocycles. The lowest BCUT2D eigenvalue weighted by atomic mass is 9.65. The molecule has 0 bridgehead atoms. The van der Waals surface area contributed by atoms with Crippen molar-refractivity contribution in [3.63, 3.8) is 0 Å². The van der Waals surface area contributed by atoms with Crippen LogP contribution in [-0.2, 0) is 4.74 Å². The minimum Gasteiger partial charge on any atom is -0.370 e. The monoisotopic (exact) mass is 219 g/mol. The van der Waals surface area contributed by atoms with Crippen LogP contribution in [0.25, 0.3) is 0 Å². The van der Waals surface area contributed by atoms with Crippen molar-refractivity contribution >= 4 is 0 Å². The second-order valence-corrected chi connectivity index (χ2v) is 5.34. The van der Waals surface area contributed by atoms with Crippen molar-refractivity contribution in [3.05, 3.63) is 35.9 Å². The van der Waals surface area contributed by atoms with Crippen molar-refractivity contribution in [1.29, 1.82) is 0 Å². The number of benzene rings is 1. The molecule has 0 aromatic heterocycles. The maximum absolute atomic E-state index is 6.08. The van der Waals surface area contributed by atoms with Gasteiger partial charge in [0.2, 0.25) is 0 Å². The summed E-state index contributed by atoms with van der Waals surface area (Å²) in [5, 5.41) is 0. The molecule has 2 N–H and O–H groups in total. The molecule has 2 nitrogen and oxygen atoms in total. The lowest BCUT2D eigenvalue weighted by Crippen LogP contribution is -2.59. The summed E-state index contributed by atoms with van der Waals surface area (Å²) in [6, 6.07) is 10.6. The van der Waals surface area contributed by atoms with E-state index in [1.54, 1.807) is 0 Å². The zero-order valence-electron chi connectivity index (χ0n) is 10.3. The van der Waals surface area contributed by atoms with Gasteiger partial charge >= 0.3 is 0 Å². The first kappa shape index (κ1) is 11.6.